The molecule has 0 radical (unpaired) electrons. The van der Waals surface area contributed by atoms with Gasteiger partial charge in [-0.15, -0.1) is 0 Å². The molecule has 2 heteroatoms. The fourth-order valence-corrected chi connectivity index (χ4v) is 9.74. The maximum atomic E-state index is 6.59. The van der Waals surface area contributed by atoms with Gasteiger partial charge in [-0.3, -0.25) is 0 Å². The van der Waals surface area contributed by atoms with E-state index < -0.39 is 5.41 Å². The van der Waals surface area contributed by atoms with E-state index >= 15 is 0 Å². The van der Waals surface area contributed by atoms with Gasteiger partial charge < -0.3 is 8.83 Å². The van der Waals surface area contributed by atoms with Crippen LogP contribution in [0, 0.1) is 0 Å². The molecule has 0 fully saturated rings. The number of furan rings is 2. The van der Waals surface area contributed by atoms with Gasteiger partial charge >= 0.3 is 0 Å². The van der Waals surface area contributed by atoms with E-state index in [9.17, 15) is 0 Å². The van der Waals surface area contributed by atoms with E-state index in [1.807, 2.05) is 12.1 Å². The molecule has 2 aromatic heterocycles. The Morgan fingerprint density at radius 1 is 0.345 bits per heavy atom. The van der Waals surface area contributed by atoms with Crippen molar-refractivity contribution in [3.8, 4) is 33.4 Å². The molecule has 0 unspecified atom stereocenters. The van der Waals surface area contributed by atoms with E-state index in [4.69, 9.17) is 8.83 Å². The van der Waals surface area contributed by atoms with Crippen molar-refractivity contribution >= 4 is 54.5 Å². The van der Waals surface area contributed by atoms with Gasteiger partial charge in [-0.25, -0.2) is 0 Å². The SMILES string of the molecule is c1ccc(C2(c3ccccc3)c3ccc(-c4c5ccccc5c(-c5ccc6occc6c5)c5ccccc45)cc3-c3cc4c(cc32)oc2ccccc24)cc1. The highest BCUT2D eigenvalue weighted by atomic mass is 16.3. The van der Waals surface area contributed by atoms with Crippen molar-refractivity contribution in [3.05, 3.63) is 217 Å². The molecule has 2 nitrogen and oxygen atoms in total. The van der Waals surface area contributed by atoms with Crippen LogP contribution in [0.15, 0.2) is 203 Å². The Balaban J connectivity index is 1.19. The third kappa shape index (κ3) is 4.19. The van der Waals surface area contributed by atoms with Gasteiger partial charge in [0.05, 0.1) is 11.7 Å². The molecule has 0 aliphatic heterocycles. The van der Waals surface area contributed by atoms with E-state index in [1.54, 1.807) is 6.26 Å². The molecular formula is C53H32O2. The predicted molar refractivity (Wildman–Crippen MR) is 227 cm³/mol. The second-order valence-electron chi connectivity index (χ2n) is 14.7. The highest BCUT2D eigenvalue weighted by Gasteiger charge is 2.46. The molecule has 0 spiro atoms. The first-order valence-electron chi connectivity index (χ1n) is 18.9. The van der Waals surface area contributed by atoms with E-state index in [0.29, 0.717) is 0 Å². The maximum Gasteiger partial charge on any atom is 0.135 e. The van der Waals surface area contributed by atoms with Crippen LogP contribution >= 0.6 is 0 Å². The van der Waals surface area contributed by atoms with Gasteiger partial charge in [0.25, 0.3) is 0 Å². The minimum atomic E-state index is -0.543. The lowest BCUT2D eigenvalue weighted by Gasteiger charge is -2.33. The lowest BCUT2D eigenvalue weighted by molar-refractivity contribution is 0.616. The Morgan fingerprint density at radius 2 is 0.891 bits per heavy atom. The molecule has 0 saturated heterocycles. The molecule has 1 aliphatic rings. The largest absolute Gasteiger partial charge is 0.464 e. The van der Waals surface area contributed by atoms with Crippen LogP contribution in [0.5, 0.6) is 0 Å². The standard InChI is InChI=1S/C53H32O2/c1-3-13-36(14-4-1)53(37-15-5-2-6-16-37)46-25-23-35(30-43(46)44-31-45-38-17-11-12-22-49(38)55-50(45)32-47(44)53)52-41-20-9-7-18-39(41)51(40-19-8-10-21-42(40)52)34-24-26-48-33(29-34)27-28-54-48/h1-32H. The first kappa shape index (κ1) is 30.3. The number of hydrogen-bond acceptors (Lipinski definition) is 2. The van der Waals surface area contributed by atoms with Crippen molar-refractivity contribution in [3.63, 3.8) is 0 Å². The fraction of sp³-hybridized carbons (Fsp3) is 0.0189. The molecule has 0 saturated carbocycles. The van der Waals surface area contributed by atoms with E-state index in [-0.39, 0.29) is 0 Å². The Kier molecular flexibility index (Phi) is 6.29. The second kappa shape index (κ2) is 11.4. The predicted octanol–water partition coefficient (Wildman–Crippen LogP) is 14.3. The van der Waals surface area contributed by atoms with Crippen LogP contribution in [0.25, 0.3) is 87.8 Å². The van der Waals surface area contributed by atoms with Crippen LogP contribution in [0.1, 0.15) is 22.3 Å². The topological polar surface area (TPSA) is 26.3 Å². The summed E-state index contributed by atoms with van der Waals surface area (Å²) in [6, 6.07) is 68.7. The molecular weight excluding hydrogens is 669 g/mol. The summed E-state index contributed by atoms with van der Waals surface area (Å²) in [5.41, 5.74) is 14.5. The van der Waals surface area contributed by atoms with Gasteiger partial charge in [0, 0.05) is 16.2 Å². The van der Waals surface area contributed by atoms with Crippen molar-refractivity contribution in [2.75, 3.05) is 0 Å². The average molecular weight is 701 g/mol. The molecule has 1 aliphatic carbocycles. The Bertz CT molecular complexity index is 3210. The van der Waals surface area contributed by atoms with Gasteiger partial charge in [-0.05, 0) is 120 Å². The smallest absolute Gasteiger partial charge is 0.135 e. The van der Waals surface area contributed by atoms with Crippen LogP contribution in [-0.4, -0.2) is 0 Å². The number of fused-ring (bicyclic) bond motifs is 9. The zero-order valence-electron chi connectivity index (χ0n) is 29.8. The average Bonchev–Trinajstić information content (AvgIpc) is 3.95. The first-order valence-corrected chi connectivity index (χ1v) is 18.9. The third-order valence-corrected chi connectivity index (χ3v) is 12.0. The van der Waals surface area contributed by atoms with Gasteiger partial charge in [-0.1, -0.05) is 146 Å². The van der Waals surface area contributed by atoms with Gasteiger partial charge in [0.15, 0.2) is 0 Å². The van der Waals surface area contributed by atoms with Gasteiger partial charge in [-0.2, -0.15) is 0 Å². The molecule has 256 valence electrons. The van der Waals surface area contributed by atoms with Crippen LogP contribution in [-0.2, 0) is 5.41 Å². The number of benzene rings is 9. The molecule has 2 heterocycles. The summed E-state index contributed by atoms with van der Waals surface area (Å²) < 4.78 is 12.3. The first-order chi connectivity index (χ1) is 27.3. The number of hydrogen-bond donors (Lipinski definition) is 0. The van der Waals surface area contributed by atoms with E-state index in [2.05, 4.69) is 176 Å². The number of para-hydroxylation sites is 1. The van der Waals surface area contributed by atoms with Crippen LogP contribution < -0.4 is 0 Å². The molecule has 55 heavy (non-hydrogen) atoms. The highest BCUT2D eigenvalue weighted by Crippen LogP contribution is 2.58. The van der Waals surface area contributed by atoms with E-state index in [0.717, 1.165) is 32.9 Å². The molecule has 11 aromatic rings. The monoisotopic (exact) mass is 700 g/mol. The Labute approximate surface area is 317 Å². The Morgan fingerprint density at radius 3 is 1.55 bits per heavy atom. The van der Waals surface area contributed by atoms with Crippen molar-refractivity contribution in [2.24, 2.45) is 0 Å². The van der Waals surface area contributed by atoms with Crippen molar-refractivity contribution in [2.45, 2.75) is 5.41 Å². The molecule has 0 amide bonds. The van der Waals surface area contributed by atoms with Crippen LogP contribution in [0.4, 0.5) is 0 Å². The summed E-state index contributed by atoms with van der Waals surface area (Å²) in [5.74, 6) is 0. The summed E-state index contributed by atoms with van der Waals surface area (Å²) in [4.78, 5) is 0. The molecule has 0 N–H and O–H groups in total. The minimum absolute atomic E-state index is 0.543. The van der Waals surface area contributed by atoms with Crippen molar-refractivity contribution in [1.82, 2.24) is 0 Å². The lowest BCUT2D eigenvalue weighted by Crippen LogP contribution is -2.28. The maximum absolute atomic E-state index is 6.59. The van der Waals surface area contributed by atoms with E-state index in [1.165, 1.54) is 77.2 Å². The quantitative estimate of drug-likeness (QED) is 0.171. The third-order valence-electron chi connectivity index (χ3n) is 12.0. The van der Waals surface area contributed by atoms with Gasteiger partial charge in [0.2, 0.25) is 0 Å². The summed E-state index contributed by atoms with van der Waals surface area (Å²) >= 11 is 0. The van der Waals surface area contributed by atoms with Gasteiger partial charge in [0.1, 0.15) is 16.7 Å². The summed E-state index contributed by atoms with van der Waals surface area (Å²) in [6.45, 7) is 0. The summed E-state index contributed by atoms with van der Waals surface area (Å²) in [6.07, 6.45) is 1.77. The zero-order chi connectivity index (χ0) is 36.1. The normalized spacial score (nSPS) is 13.2. The zero-order valence-corrected chi connectivity index (χ0v) is 29.8. The molecule has 0 bridgehead atoms. The van der Waals surface area contributed by atoms with Crippen LogP contribution in [0.2, 0.25) is 0 Å². The van der Waals surface area contributed by atoms with Crippen molar-refractivity contribution < 1.29 is 8.83 Å². The van der Waals surface area contributed by atoms with Crippen LogP contribution in [0.3, 0.4) is 0 Å². The highest BCUT2D eigenvalue weighted by molar-refractivity contribution is 6.22. The lowest BCUT2D eigenvalue weighted by atomic mass is 9.67. The second-order valence-corrected chi connectivity index (χ2v) is 14.7. The molecule has 0 atom stereocenters. The molecule has 9 aromatic carbocycles. The summed E-state index contributed by atoms with van der Waals surface area (Å²) in [7, 11) is 0. The fourth-order valence-electron chi connectivity index (χ4n) is 9.74. The number of rotatable bonds is 4. The summed E-state index contributed by atoms with van der Waals surface area (Å²) in [5, 5.41) is 8.30. The Hall–Kier alpha value is -7.16. The van der Waals surface area contributed by atoms with Crippen molar-refractivity contribution in [1.29, 1.82) is 0 Å². The molecule has 12 rings (SSSR count). The minimum Gasteiger partial charge on any atom is -0.464 e.